The van der Waals surface area contributed by atoms with E-state index < -0.39 is 47.3 Å². The van der Waals surface area contributed by atoms with Crippen molar-refractivity contribution in [1.29, 1.82) is 0 Å². The monoisotopic (exact) mass is 830 g/mol. The van der Waals surface area contributed by atoms with Gasteiger partial charge in [-0.3, -0.25) is 9.59 Å². The van der Waals surface area contributed by atoms with E-state index in [1.807, 2.05) is 0 Å². The smallest absolute Gasteiger partial charge is 0.407 e. The maximum atomic E-state index is 13.6. The maximum Gasteiger partial charge on any atom is 0.407 e. The molecular formula is C38H42N10O12. The molecule has 0 aliphatic carbocycles. The van der Waals surface area contributed by atoms with Crippen LogP contribution in [0.15, 0.2) is 64.1 Å². The van der Waals surface area contributed by atoms with Crippen molar-refractivity contribution in [1.82, 2.24) is 51.2 Å². The van der Waals surface area contributed by atoms with Gasteiger partial charge in [0.1, 0.15) is 60.9 Å². The standard InChI is InChI=1S/C38H42N10O12/c1-37(2,3)59-35(51)39-11-7-9-19-29-45-25(15-55-29)33-47-24(17-57-33)32-44-22(14-54-32)28(50)42-20(10-8-12-40-36(52)60-38(4,5)6)30-46-26(16-56-30)34-48-23(18-58-34)31-43-21(13-53-31)27(49)41-19/h13-20H,7-12H2,1-6H3,(H,39,51)(H,40,52)(H,41,49)(H,42,50)/t19-,20-/m0/s1. The summed E-state index contributed by atoms with van der Waals surface area (Å²) in [7, 11) is 0. The van der Waals surface area contributed by atoms with E-state index in [0.29, 0.717) is 12.8 Å². The van der Waals surface area contributed by atoms with Crippen LogP contribution in [-0.4, -0.2) is 78.2 Å². The molecule has 6 aromatic heterocycles. The molecule has 0 saturated heterocycles. The normalized spacial score (nSPS) is 15.7. The van der Waals surface area contributed by atoms with Gasteiger partial charge >= 0.3 is 12.2 Å². The van der Waals surface area contributed by atoms with Crippen LogP contribution in [0.4, 0.5) is 9.59 Å². The lowest BCUT2D eigenvalue weighted by atomic mass is 10.1. The lowest BCUT2D eigenvalue weighted by Gasteiger charge is -2.20. The second kappa shape index (κ2) is 16.9. The number of alkyl carbamates (subject to hydrolysis) is 2. The predicted octanol–water partition coefficient (Wildman–Crippen LogP) is 6.15. The number of hydrogen-bond donors (Lipinski definition) is 4. The maximum absolute atomic E-state index is 13.6. The molecule has 2 atom stereocenters. The Bertz CT molecular complexity index is 2290. The Morgan fingerprint density at radius 3 is 1.22 bits per heavy atom. The Hall–Kier alpha value is -7.26. The number of carbonyl (C=O) groups is 4. The summed E-state index contributed by atoms with van der Waals surface area (Å²) in [4.78, 5) is 78.0. The molecule has 0 fully saturated rings. The van der Waals surface area contributed by atoms with Crippen LogP contribution in [-0.2, 0) is 9.47 Å². The van der Waals surface area contributed by atoms with E-state index in [1.54, 1.807) is 41.5 Å². The number of hydrogen-bond acceptors (Lipinski definition) is 18. The molecule has 22 nitrogen and oxygen atoms in total. The summed E-state index contributed by atoms with van der Waals surface area (Å²) < 4.78 is 44.7. The molecule has 7 rings (SSSR count). The first-order valence-electron chi connectivity index (χ1n) is 18.9. The zero-order chi connectivity index (χ0) is 42.6. The molecule has 1 aliphatic rings. The Morgan fingerprint density at radius 1 is 0.533 bits per heavy atom. The van der Waals surface area contributed by atoms with E-state index in [1.165, 1.54) is 25.1 Å². The van der Waals surface area contributed by atoms with E-state index in [4.69, 9.17) is 36.0 Å². The van der Waals surface area contributed by atoms with Crippen molar-refractivity contribution < 1.29 is 55.2 Å². The SMILES string of the molecule is CC(C)(C)OC(=O)NCCC[C@@H]1NC(=O)c2coc(n2)-c2coc(n2)-c2coc(n2)[C@H](CCCNC(=O)OC(C)(C)C)NC(=O)c2coc(n2)-c2coc(n2)-c2coc1n2. The number of fused-ring (bicyclic) bond motifs is 16. The van der Waals surface area contributed by atoms with Crippen molar-refractivity contribution in [3.05, 3.63) is 60.7 Å². The summed E-state index contributed by atoms with van der Waals surface area (Å²) in [5.74, 6) is -1.04. The Kier molecular flexibility index (Phi) is 11.5. The average molecular weight is 831 g/mol. The minimum absolute atomic E-state index is 0.0286. The third-order valence-electron chi connectivity index (χ3n) is 8.28. The Balaban J connectivity index is 1.15. The molecule has 60 heavy (non-hydrogen) atoms. The van der Waals surface area contributed by atoms with Crippen LogP contribution in [0.25, 0.3) is 46.3 Å². The highest BCUT2D eigenvalue weighted by molar-refractivity contribution is 5.93. The second-order valence-electron chi connectivity index (χ2n) is 15.5. The highest BCUT2D eigenvalue weighted by atomic mass is 16.6. The zero-order valence-electron chi connectivity index (χ0n) is 33.4. The fourth-order valence-electron chi connectivity index (χ4n) is 5.66. The fourth-order valence-corrected chi connectivity index (χ4v) is 5.66. The van der Waals surface area contributed by atoms with Gasteiger partial charge in [-0.15, -0.1) is 0 Å². The number of aromatic nitrogens is 6. The summed E-state index contributed by atoms with van der Waals surface area (Å²) in [6.07, 6.45) is 7.57. The first-order chi connectivity index (χ1) is 28.6. The number of amides is 4. The molecule has 4 amide bonds. The summed E-state index contributed by atoms with van der Waals surface area (Å²) in [6, 6.07) is -1.63. The third-order valence-corrected chi connectivity index (χ3v) is 8.28. The molecule has 4 N–H and O–H groups in total. The van der Waals surface area contributed by atoms with Gasteiger partial charge in [0.05, 0.1) is 0 Å². The van der Waals surface area contributed by atoms with Crippen LogP contribution in [0.1, 0.15) is 112 Å². The lowest BCUT2D eigenvalue weighted by Crippen LogP contribution is -2.34. The van der Waals surface area contributed by atoms with E-state index in [0.717, 1.165) is 12.5 Å². The van der Waals surface area contributed by atoms with E-state index in [-0.39, 0.29) is 95.4 Å². The summed E-state index contributed by atoms with van der Waals surface area (Å²) in [5.41, 5.74) is -0.858. The van der Waals surface area contributed by atoms with E-state index in [2.05, 4.69) is 51.2 Å². The van der Waals surface area contributed by atoms with Crippen LogP contribution < -0.4 is 21.3 Å². The van der Waals surface area contributed by atoms with Crippen LogP contribution in [0.2, 0.25) is 0 Å². The number of nitrogens with zero attached hydrogens (tertiary/aromatic N) is 6. The van der Waals surface area contributed by atoms with Crippen LogP contribution in [0.3, 0.4) is 0 Å². The molecular weight excluding hydrogens is 788 g/mol. The number of rotatable bonds is 8. The molecule has 6 aromatic rings. The molecule has 7 heterocycles. The van der Waals surface area contributed by atoms with Gasteiger partial charge in [0.15, 0.2) is 34.2 Å². The Labute approximate surface area is 340 Å². The van der Waals surface area contributed by atoms with Crippen molar-refractivity contribution in [3.8, 4) is 46.3 Å². The number of nitrogens with one attached hydrogen (secondary N) is 4. The number of oxazole rings is 6. The van der Waals surface area contributed by atoms with E-state index in [9.17, 15) is 19.2 Å². The van der Waals surface area contributed by atoms with Gasteiger partial charge in [-0.2, -0.15) is 0 Å². The van der Waals surface area contributed by atoms with Crippen molar-refractivity contribution in [2.24, 2.45) is 0 Å². The van der Waals surface area contributed by atoms with Crippen LogP contribution in [0.5, 0.6) is 0 Å². The van der Waals surface area contributed by atoms with Crippen LogP contribution >= 0.6 is 0 Å². The molecule has 12 bridgehead atoms. The first-order valence-corrected chi connectivity index (χ1v) is 18.9. The van der Waals surface area contributed by atoms with Crippen molar-refractivity contribution >= 4 is 24.0 Å². The minimum atomic E-state index is -0.815. The summed E-state index contributed by atoms with van der Waals surface area (Å²) in [6.45, 7) is 11.0. The summed E-state index contributed by atoms with van der Waals surface area (Å²) in [5, 5.41) is 11.1. The highest BCUT2D eigenvalue weighted by Crippen LogP contribution is 2.30. The molecule has 0 aromatic carbocycles. The third kappa shape index (κ3) is 10.2. The van der Waals surface area contributed by atoms with Gasteiger partial charge < -0.3 is 57.2 Å². The first kappa shape index (κ1) is 40.9. The zero-order valence-corrected chi connectivity index (χ0v) is 33.4. The quantitative estimate of drug-likeness (QED) is 0.125. The molecule has 0 unspecified atom stereocenters. The van der Waals surface area contributed by atoms with Crippen molar-refractivity contribution in [2.75, 3.05) is 13.1 Å². The van der Waals surface area contributed by atoms with E-state index >= 15 is 0 Å². The molecule has 0 radical (unpaired) electrons. The molecule has 0 saturated carbocycles. The second-order valence-corrected chi connectivity index (χ2v) is 15.5. The highest BCUT2D eigenvalue weighted by Gasteiger charge is 2.28. The predicted molar refractivity (Wildman–Crippen MR) is 202 cm³/mol. The van der Waals surface area contributed by atoms with Gasteiger partial charge in [0.2, 0.25) is 35.3 Å². The molecule has 316 valence electrons. The van der Waals surface area contributed by atoms with Crippen molar-refractivity contribution in [3.63, 3.8) is 0 Å². The largest absolute Gasteiger partial charge is 0.446 e. The number of ether oxygens (including phenoxy) is 2. The minimum Gasteiger partial charge on any atom is -0.446 e. The van der Waals surface area contributed by atoms with Crippen LogP contribution in [0, 0.1) is 0 Å². The molecule has 1 aliphatic heterocycles. The van der Waals surface area contributed by atoms with Gasteiger partial charge in [0, 0.05) is 13.1 Å². The molecule has 22 heteroatoms. The number of carbonyl (C=O) groups excluding carboxylic acids is 4. The average Bonchev–Trinajstić information content (AvgIpc) is 4.02. The lowest BCUT2D eigenvalue weighted by molar-refractivity contribution is 0.0515. The topological polar surface area (TPSA) is 291 Å². The van der Waals surface area contributed by atoms with Gasteiger partial charge in [-0.1, -0.05) is 0 Å². The van der Waals surface area contributed by atoms with Crippen molar-refractivity contribution in [2.45, 2.75) is 90.5 Å². The molecule has 0 spiro atoms. The van der Waals surface area contributed by atoms with Gasteiger partial charge in [-0.05, 0) is 67.2 Å². The summed E-state index contributed by atoms with van der Waals surface area (Å²) >= 11 is 0. The van der Waals surface area contributed by atoms with Gasteiger partial charge in [-0.25, -0.2) is 39.5 Å². The van der Waals surface area contributed by atoms with Gasteiger partial charge in [0.25, 0.3) is 11.8 Å². The Morgan fingerprint density at radius 2 is 0.850 bits per heavy atom. The fraction of sp³-hybridized carbons (Fsp3) is 0.421.